The van der Waals surface area contributed by atoms with Crippen molar-refractivity contribution in [1.82, 2.24) is 15.3 Å². The molecule has 98 valence electrons. The number of hydrogen-bond acceptors (Lipinski definition) is 2. The minimum atomic E-state index is -0.135. The summed E-state index contributed by atoms with van der Waals surface area (Å²) in [5, 5.41) is 2.85. The summed E-state index contributed by atoms with van der Waals surface area (Å²) in [6.45, 7) is 3.91. The molecule has 1 amide bonds. The van der Waals surface area contributed by atoms with Crippen LogP contribution in [0.1, 0.15) is 29.9 Å². The average molecular weight is 255 g/mol. The second kappa shape index (κ2) is 6.00. The van der Waals surface area contributed by atoms with Gasteiger partial charge in [-0.1, -0.05) is 29.8 Å². The molecule has 0 aliphatic carbocycles. The molecule has 0 aliphatic rings. The SMILES string of the molecule is Cc1cccc(/C=C/C(=O)NC(C)c2ncc[nH]2)c1. The fourth-order valence-electron chi connectivity index (χ4n) is 1.79. The first-order chi connectivity index (χ1) is 9.15. The second-order valence-electron chi connectivity index (χ2n) is 4.45. The minimum absolute atomic E-state index is 0.134. The molecule has 0 fully saturated rings. The number of aromatic nitrogens is 2. The Labute approximate surface area is 112 Å². The number of carbonyl (C=O) groups is 1. The van der Waals surface area contributed by atoms with Crippen molar-refractivity contribution in [3.05, 3.63) is 59.7 Å². The summed E-state index contributed by atoms with van der Waals surface area (Å²) in [5.41, 5.74) is 2.19. The van der Waals surface area contributed by atoms with Crippen LogP contribution in [-0.2, 0) is 4.79 Å². The number of H-pyrrole nitrogens is 1. The van der Waals surface area contributed by atoms with E-state index in [0.717, 1.165) is 11.4 Å². The van der Waals surface area contributed by atoms with Crippen LogP contribution in [0.25, 0.3) is 6.08 Å². The Morgan fingerprint density at radius 1 is 1.47 bits per heavy atom. The van der Waals surface area contributed by atoms with Crippen LogP contribution in [0, 0.1) is 6.92 Å². The lowest BCUT2D eigenvalue weighted by molar-refractivity contribution is -0.117. The van der Waals surface area contributed by atoms with Crippen molar-refractivity contribution >= 4 is 12.0 Å². The molecule has 0 saturated carbocycles. The molecule has 0 spiro atoms. The predicted octanol–water partition coefficient (Wildman–Crippen LogP) is 2.61. The van der Waals surface area contributed by atoms with Crippen LogP contribution >= 0.6 is 0 Å². The van der Waals surface area contributed by atoms with Crippen LogP contribution in [0.3, 0.4) is 0 Å². The van der Waals surface area contributed by atoms with Crippen molar-refractivity contribution in [1.29, 1.82) is 0 Å². The standard InChI is InChI=1S/C15H17N3O/c1-11-4-3-5-13(10-11)6-7-14(19)18-12(2)15-16-8-9-17-15/h3-10,12H,1-2H3,(H,16,17)(H,18,19)/b7-6+. The molecular weight excluding hydrogens is 238 g/mol. The van der Waals surface area contributed by atoms with Crippen molar-refractivity contribution in [3.63, 3.8) is 0 Å². The van der Waals surface area contributed by atoms with Crippen molar-refractivity contribution in [3.8, 4) is 0 Å². The van der Waals surface area contributed by atoms with Gasteiger partial charge in [0.25, 0.3) is 0 Å². The first kappa shape index (κ1) is 13.1. The lowest BCUT2D eigenvalue weighted by atomic mass is 10.1. The van der Waals surface area contributed by atoms with E-state index in [1.807, 2.05) is 38.1 Å². The lowest BCUT2D eigenvalue weighted by Gasteiger charge is -2.09. The Kier molecular flexibility index (Phi) is 4.13. The van der Waals surface area contributed by atoms with Crippen LogP contribution in [0.4, 0.5) is 0 Å². The molecule has 1 aromatic heterocycles. The highest BCUT2D eigenvalue weighted by atomic mass is 16.1. The Bertz CT molecular complexity index is 573. The number of benzene rings is 1. The highest BCUT2D eigenvalue weighted by molar-refractivity contribution is 5.91. The van der Waals surface area contributed by atoms with Crippen LogP contribution in [-0.4, -0.2) is 15.9 Å². The van der Waals surface area contributed by atoms with Gasteiger partial charge in [0.1, 0.15) is 5.82 Å². The number of rotatable bonds is 4. The van der Waals surface area contributed by atoms with Gasteiger partial charge in [-0.3, -0.25) is 4.79 Å². The van der Waals surface area contributed by atoms with E-state index in [-0.39, 0.29) is 11.9 Å². The maximum atomic E-state index is 11.8. The van der Waals surface area contributed by atoms with Gasteiger partial charge in [0.15, 0.2) is 0 Å². The molecule has 1 aromatic carbocycles. The lowest BCUT2D eigenvalue weighted by Crippen LogP contribution is -2.25. The maximum Gasteiger partial charge on any atom is 0.244 e. The van der Waals surface area contributed by atoms with Crippen molar-refractivity contribution < 1.29 is 4.79 Å². The van der Waals surface area contributed by atoms with E-state index < -0.39 is 0 Å². The molecule has 0 bridgehead atoms. The van der Waals surface area contributed by atoms with Crippen molar-refractivity contribution in [2.75, 3.05) is 0 Å². The van der Waals surface area contributed by atoms with Gasteiger partial charge in [0.2, 0.25) is 5.91 Å². The number of nitrogens with zero attached hydrogens (tertiary/aromatic N) is 1. The second-order valence-corrected chi connectivity index (χ2v) is 4.45. The van der Waals surface area contributed by atoms with Gasteiger partial charge >= 0.3 is 0 Å². The molecule has 1 unspecified atom stereocenters. The molecule has 2 N–H and O–H groups in total. The number of imidazole rings is 1. The number of nitrogens with one attached hydrogen (secondary N) is 2. The average Bonchev–Trinajstić information content (AvgIpc) is 2.90. The summed E-state index contributed by atoms with van der Waals surface area (Å²) in [5.74, 6) is 0.614. The first-order valence-corrected chi connectivity index (χ1v) is 6.19. The van der Waals surface area contributed by atoms with E-state index >= 15 is 0 Å². The highest BCUT2D eigenvalue weighted by Crippen LogP contribution is 2.07. The molecule has 0 radical (unpaired) electrons. The Balaban J connectivity index is 1.94. The number of hydrogen-bond donors (Lipinski definition) is 2. The summed E-state index contributed by atoms with van der Waals surface area (Å²) in [6, 6.07) is 7.85. The van der Waals surface area contributed by atoms with Gasteiger partial charge < -0.3 is 10.3 Å². The summed E-state index contributed by atoms with van der Waals surface area (Å²) < 4.78 is 0. The fourth-order valence-corrected chi connectivity index (χ4v) is 1.79. The summed E-state index contributed by atoms with van der Waals surface area (Å²) in [4.78, 5) is 18.8. The minimum Gasteiger partial charge on any atom is -0.347 e. The maximum absolute atomic E-state index is 11.8. The zero-order valence-electron chi connectivity index (χ0n) is 11.1. The number of carbonyl (C=O) groups excluding carboxylic acids is 1. The molecule has 1 atom stereocenters. The van der Waals surface area contributed by atoms with Gasteiger partial charge in [0.05, 0.1) is 6.04 Å². The van der Waals surface area contributed by atoms with E-state index in [1.165, 1.54) is 11.6 Å². The molecule has 2 rings (SSSR count). The molecule has 0 aliphatic heterocycles. The molecule has 19 heavy (non-hydrogen) atoms. The molecule has 4 nitrogen and oxygen atoms in total. The number of aryl methyl sites for hydroxylation is 1. The Morgan fingerprint density at radius 3 is 3.00 bits per heavy atom. The number of aromatic amines is 1. The zero-order chi connectivity index (χ0) is 13.7. The summed E-state index contributed by atoms with van der Waals surface area (Å²) >= 11 is 0. The smallest absolute Gasteiger partial charge is 0.244 e. The molecule has 1 heterocycles. The third-order valence-corrected chi connectivity index (χ3v) is 2.76. The van der Waals surface area contributed by atoms with E-state index in [9.17, 15) is 4.79 Å². The van der Waals surface area contributed by atoms with Gasteiger partial charge in [-0.25, -0.2) is 4.98 Å². The monoisotopic (exact) mass is 255 g/mol. The van der Waals surface area contributed by atoms with E-state index in [1.54, 1.807) is 18.5 Å². The van der Waals surface area contributed by atoms with Crippen LogP contribution in [0.15, 0.2) is 42.7 Å². The fraction of sp³-hybridized carbons (Fsp3) is 0.200. The van der Waals surface area contributed by atoms with Crippen LogP contribution in [0.2, 0.25) is 0 Å². The third kappa shape index (κ3) is 3.81. The predicted molar refractivity (Wildman–Crippen MR) is 75.4 cm³/mol. The van der Waals surface area contributed by atoms with Crippen LogP contribution in [0.5, 0.6) is 0 Å². The van der Waals surface area contributed by atoms with E-state index in [0.29, 0.717) is 0 Å². The first-order valence-electron chi connectivity index (χ1n) is 6.19. The van der Waals surface area contributed by atoms with Gasteiger partial charge in [-0.15, -0.1) is 0 Å². The van der Waals surface area contributed by atoms with Crippen LogP contribution < -0.4 is 5.32 Å². The zero-order valence-corrected chi connectivity index (χ0v) is 11.1. The van der Waals surface area contributed by atoms with Gasteiger partial charge in [-0.05, 0) is 25.5 Å². The van der Waals surface area contributed by atoms with E-state index in [4.69, 9.17) is 0 Å². The summed E-state index contributed by atoms with van der Waals surface area (Å²) in [6.07, 6.45) is 6.74. The summed E-state index contributed by atoms with van der Waals surface area (Å²) in [7, 11) is 0. The number of amides is 1. The van der Waals surface area contributed by atoms with Gasteiger partial charge in [-0.2, -0.15) is 0 Å². The molecule has 2 aromatic rings. The van der Waals surface area contributed by atoms with Gasteiger partial charge in [0, 0.05) is 18.5 Å². The Hall–Kier alpha value is -2.36. The highest BCUT2D eigenvalue weighted by Gasteiger charge is 2.08. The normalized spacial score (nSPS) is 12.5. The topological polar surface area (TPSA) is 57.8 Å². The van der Waals surface area contributed by atoms with Crippen molar-refractivity contribution in [2.45, 2.75) is 19.9 Å². The molecule has 0 saturated heterocycles. The quantitative estimate of drug-likeness (QED) is 0.825. The third-order valence-electron chi connectivity index (χ3n) is 2.76. The molecular formula is C15H17N3O. The van der Waals surface area contributed by atoms with Crippen molar-refractivity contribution in [2.24, 2.45) is 0 Å². The molecule has 4 heteroatoms. The Morgan fingerprint density at radius 2 is 2.32 bits per heavy atom. The van der Waals surface area contributed by atoms with E-state index in [2.05, 4.69) is 15.3 Å². The largest absolute Gasteiger partial charge is 0.347 e.